The molecule has 1 heterocycles. The van der Waals surface area contributed by atoms with Gasteiger partial charge in [0.15, 0.2) is 5.78 Å². The van der Waals surface area contributed by atoms with Crippen LogP contribution in [0.5, 0.6) is 0 Å². The molecule has 2 rings (SSSR count). The summed E-state index contributed by atoms with van der Waals surface area (Å²) in [6.07, 6.45) is 2.22. The van der Waals surface area contributed by atoms with E-state index in [4.69, 9.17) is 0 Å². The van der Waals surface area contributed by atoms with Crippen molar-refractivity contribution in [2.75, 3.05) is 0 Å². The van der Waals surface area contributed by atoms with E-state index in [1.165, 1.54) is 0 Å². The third kappa shape index (κ3) is 2.44. The van der Waals surface area contributed by atoms with E-state index < -0.39 is 0 Å². The number of nitrogens with zero attached hydrogens (tertiary/aromatic N) is 2. The highest BCUT2D eigenvalue weighted by molar-refractivity contribution is 5.98. The van der Waals surface area contributed by atoms with E-state index in [1.807, 2.05) is 51.4 Å². The van der Waals surface area contributed by atoms with Gasteiger partial charge in [0.25, 0.3) is 0 Å². The average molecular weight is 228 g/mol. The number of hydrogen-bond acceptors (Lipinski definition) is 2. The van der Waals surface area contributed by atoms with Gasteiger partial charge in [-0.1, -0.05) is 18.2 Å². The Hall–Kier alpha value is -1.90. The minimum absolute atomic E-state index is 0.130. The molecule has 0 bridgehead atoms. The summed E-state index contributed by atoms with van der Waals surface area (Å²) >= 11 is 0. The standard InChI is InChI=1S/C14H16N2O/c1-10-5-4-6-13(11(10)2)14(17)9-12-7-8-16(3)15-12/h4-8H,9H2,1-3H3. The first-order chi connectivity index (χ1) is 8.08. The average Bonchev–Trinajstić information content (AvgIpc) is 2.68. The first-order valence-corrected chi connectivity index (χ1v) is 5.66. The highest BCUT2D eigenvalue weighted by Crippen LogP contribution is 2.15. The minimum Gasteiger partial charge on any atom is -0.294 e. The van der Waals surface area contributed by atoms with Crippen molar-refractivity contribution >= 4 is 5.78 Å². The predicted molar refractivity (Wildman–Crippen MR) is 67.2 cm³/mol. The van der Waals surface area contributed by atoms with Gasteiger partial charge in [-0.2, -0.15) is 5.10 Å². The lowest BCUT2D eigenvalue weighted by Crippen LogP contribution is -2.07. The van der Waals surface area contributed by atoms with Gasteiger partial charge in [-0.3, -0.25) is 9.48 Å². The first-order valence-electron chi connectivity index (χ1n) is 5.66. The van der Waals surface area contributed by atoms with Crippen molar-refractivity contribution in [3.05, 3.63) is 52.8 Å². The first kappa shape index (κ1) is 11.6. The van der Waals surface area contributed by atoms with Crippen LogP contribution in [0.3, 0.4) is 0 Å². The van der Waals surface area contributed by atoms with Crippen molar-refractivity contribution in [1.82, 2.24) is 9.78 Å². The number of aromatic nitrogens is 2. The van der Waals surface area contributed by atoms with Crippen molar-refractivity contribution < 1.29 is 4.79 Å². The fraction of sp³-hybridized carbons (Fsp3) is 0.286. The van der Waals surface area contributed by atoms with E-state index >= 15 is 0 Å². The molecule has 0 aliphatic rings. The molecule has 0 saturated heterocycles. The molecule has 0 unspecified atom stereocenters. The molecule has 0 N–H and O–H groups in total. The smallest absolute Gasteiger partial charge is 0.169 e. The van der Waals surface area contributed by atoms with Gasteiger partial charge in [-0.25, -0.2) is 0 Å². The molecule has 0 spiro atoms. The number of Topliss-reactive ketones (excluding diaryl/α,β-unsaturated/α-hetero) is 1. The predicted octanol–water partition coefficient (Wildman–Crippen LogP) is 2.46. The Morgan fingerprint density at radius 1 is 1.29 bits per heavy atom. The summed E-state index contributed by atoms with van der Waals surface area (Å²) in [4.78, 5) is 12.1. The Labute approximate surface area is 101 Å². The summed E-state index contributed by atoms with van der Waals surface area (Å²) in [5, 5.41) is 4.22. The van der Waals surface area contributed by atoms with Crippen LogP contribution in [0, 0.1) is 13.8 Å². The fourth-order valence-electron chi connectivity index (χ4n) is 1.87. The number of benzene rings is 1. The van der Waals surface area contributed by atoms with E-state index in [0.29, 0.717) is 6.42 Å². The summed E-state index contributed by atoms with van der Waals surface area (Å²) in [5.41, 5.74) is 3.83. The summed E-state index contributed by atoms with van der Waals surface area (Å²) in [6.45, 7) is 4.01. The lowest BCUT2D eigenvalue weighted by Gasteiger charge is -2.06. The zero-order chi connectivity index (χ0) is 12.4. The normalized spacial score (nSPS) is 10.5. The monoisotopic (exact) mass is 228 g/mol. The fourth-order valence-corrected chi connectivity index (χ4v) is 1.87. The molecule has 2 aromatic rings. The highest BCUT2D eigenvalue weighted by Gasteiger charge is 2.12. The molecule has 1 aromatic carbocycles. The van der Waals surface area contributed by atoms with Crippen LogP contribution in [-0.2, 0) is 13.5 Å². The van der Waals surface area contributed by atoms with Gasteiger partial charge >= 0.3 is 0 Å². The van der Waals surface area contributed by atoms with Crippen molar-refractivity contribution in [3.63, 3.8) is 0 Å². The van der Waals surface area contributed by atoms with Gasteiger partial charge in [0, 0.05) is 18.8 Å². The maximum Gasteiger partial charge on any atom is 0.169 e. The molecular weight excluding hydrogens is 212 g/mol. The Kier molecular flexibility index (Phi) is 3.09. The number of hydrogen-bond donors (Lipinski definition) is 0. The Morgan fingerprint density at radius 3 is 2.71 bits per heavy atom. The largest absolute Gasteiger partial charge is 0.294 e. The molecule has 0 fully saturated rings. The Balaban J connectivity index is 2.23. The molecule has 0 radical (unpaired) electrons. The number of ketones is 1. The van der Waals surface area contributed by atoms with Crippen molar-refractivity contribution in [2.45, 2.75) is 20.3 Å². The molecule has 1 aromatic heterocycles. The zero-order valence-corrected chi connectivity index (χ0v) is 10.4. The number of carbonyl (C=O) groups excluding carboxylic acids is 1. The van der Waals surface area contributed by atoms with Gasteiger partial charge in [-0.15, -0.1) is 0 Å². The molecule has 3 nitrogen and oxygen atoms in total. The summed E-state index contributed by atoms with van der Waals surface area (Å²) < 4.78 is 1.71. The second-order valence-corrected chi connectivity index (χ2v) is 4.33. The Bertz CT molecular complexity index is 555. The van der Waals surface area contributed by atoms with Gasteiger partial charge in [0.1, 0.15) is 0 Å². The third-order valence-corrected chi connectivity index (χ3v) is 3.02. The van der Waals surface area contributed by atoms with Crippen molar-refractivity contribution in [3.8, 4) is 0 Å². The van der Waals surface area contributed by atoms with Crippen LogP contribution < -0.4 is 0 Å². The molecule has 0 aliphatic heterocycles. The molecule has 3 heteroatoms. The van der Waals surface area contributed by atoms with Crippen LogP contribution in [0.1, 0.15) is 27.2 Å². The van der Waals surface area contributed by atoms with Crippen LogP contribution in [0.4, 0.5) is 0 Å². The molecule has 0 aliphatic carbocycles. The lowest BCUT2D eigenvalue weighted by molar-refractivity contribution is 0.0991. The van der Waals surface area contributed by atoms with Crippen molar-refractivity contribution in [1.29, 1.82) is 0 Å². The quantitative estimate of drug-likeness (QED) is 0.756. The molecule has 0 atom stereocenters. The summed E-state index contributed by atoms with van der Waals surface area (Å²) in [7, 11) is 1.85. The van der Waals surface area contributed by atoms with Gasteiger partial charge in [-0.05, 0) is 31.0 Å². The van der Waals surface area contributed by atoms with E-state index in [2.05, 4.69) is 5.10 Å². The molecule has 17 heavy (non-hydrogen) atoms. The van der Waals surface area contributed by atoms with Crippen LogP contribution in [0.25, 0.3) is 0 Å². The topological polar surface area (TPSA) is 34.9 Å². The number of rotatable bonds is 3. The van der Waals surface area contributed by atoms with Gasteiger partial charge in [0.2, 0.25) is 0 Å². The lowest BCUT2D eigenvalue weighted by atomic mass is 9.98. The van der Waals surface area contributed by atoms with Crippen LogP contribution >= 0.6 is 0 Å². The van der Waals surface area contributed by atoms with E-state index in [0.717, 1.165) is 22.4 Å². The zero-order valence-electron chi connectivity index (χ0n) is 10.4. The number of carbonyl (C=O) groups is 1. The maximum absolute atomic E-state index is 12.1. The van der Waals surface area contributed by atoms with E-state index in [-0.39, 0.29) is 5.78 Å². The molecule has 0 amide bonds. The van der Waals surface area contributed by atoms with Crippen LogP contribution in [0.2, 0.25) is 0 Å². The van der Waals surface area contributed by atoms with Crippen LogP contribution in [0.15, 0.2) is 30.5 Å². The SMILES string of the molecule is Cc1cccc(C(=O)Cc2ccn(C)n2)c1C. The maximum atomic E-state index is 12.1. The second kappa shape index (κ2) is 4.53. The second-order valence-electron chi connectivity index (χ2n) is 4.33. The van der Waals surface area contributed by atoms with Gasteiger partial charge < -0.3 is 0 Å². The highest BCUT2D eigenvalue weighted by atomic mass is 16.1. The summed E-state index contributed by atoms with van der Waals surface area (Å²) in [5.74, 6) is 0.130. The molecular formula is C14H16N2O. The minimum atomic E-state index is 0.130. The number of aryl methyl sites for hydroxylation is 2. The van der Waals surface area contributed by atoms with E-state index in [1.54, 1.807) is 4.68 Å². The van der Waals surface area contributed by atoms with Gasteiger partial charge in [0.05, 0.1) is 12.1 Å². The molecule has 0 saturated carbocycles. The summed E-state index contributed by atoms with van der Waals surface area (Å²) in [6, 6.07) is 7.71. The molecule has 88 valence electrons. The van der Waals surface area contributed by atoms with Crippen LogP contribution in [-0.4, -0.2) is 15.6 Å². The van der Waals surface area contributed by atoms with Crippen molar-refractivity contribution in [2.24, 2.45) is 7.05 Å². The van der Waals surface area contributed by atoms with E-state index in [9.17, 15) is 4.79 Å². The Morgan fingerprint density at radius 2 is 2.06 bits per heavy atom. The third-order valence-electron chi connectivity index (χ3n) is 3.02.